The van der Waals surface area contributed by atoms with Crippen molar-refractivity contribution in [2.45, 2.75) is 32.3 Å². The molecule has 0 atom stereocenters. The van der Waals surface area contributed by atoms with Crippen molar-refractivity contribution in [2.75, 3.05) is 20.1 Å². The van der Waals surface area contributed by atoms with Crippen LogP contribution in [0.2, 0.25) is 0 Å². The molecule has 0 bridgehead atoms. The van der Waals surface area contributed by atoms with Gasteiger partial charge < -0.3 is 5.11 Å². The van der Waals surface area contributed by atoms with E-state index >= 15 is 0 Å². The molecule has 1 amide bonds. The van der Waals surface area contributed by atoms with E-state index in [4.69, 9.17) is 0 Å². The molecule has 1 aliphatic rings. The molecule has 4 heteroatoms. The topological polar surface area (TPSA) is 43.8 Å². The molecule has 4 nitrogen and oxygen atoms in total. The molecule has 1 fully saturated rings. The summed E-state index contributed by atoms with van der Waals surface area (Å²) in [4.78, 5) is 11.5. The van der Waals surface area contributed by atoms with Crippen LogP contribution >= 0.6 is 0 Å². The average Bonchev–Trinajstić information content (AvgIpc) is 1.95. The lowest BCUT2D eigenvalue weighted by Crippen LogP contribution is -2.53. The summed E-state index contributed by atoms with van der Waals surface area (Å²) in [6, 6.07) is 0. The highest BCUT2D eigenvalue weighted by Gasteiger charge is 2.27. The summed E-state index contributed by atoms with van der Waals surface area (Å²) >= 11 is 0. The van der Waals surface area contributed by atoms with Crippen LogP contribution < -0.4 is 0 Å². The van der Waals surface area contributed by atoms with Crippen LogP contribution in [0.5, 0.6) is 0 Å². The minimum Gasteiger partial charge on any atom is -0.389 e. The first-order valence-electron chi connectivity index (χ1n) is 4.64. The Morgan fingerprint density at radius 3 is 2.62 bits per heavy atom. The molecular weight excluding hydrogens is 168 g/mol. The largest absolute Gasteiger partial charge is 0.389 e. The lowest BCUT2D eigenvalue weighted by molar-refractivity contribution is -0.159. The van der Waals surface area contributed by atoms with Crippen molar-refractivity contribution in [1.82, 2.24) is 10.0 Å². The Kier molecular flexibility index (Phi) is 2.93. The molecule has 0 aromatic heterocycles. The molecule has 0 aliphatic carbocycles. The van der Waals surface area contributed by atoms with E-state index in [-0.39, 0.29) is 5.91 Å². The summed E-state index contributed by atoms with van der Waals surface area (Å²) in [5.74, 6) is 0.107. The predicted octanol–water partition coefficient (Wildman–Crippen LogP) is 0.226. The second kappa shape index (κ2) is 3.64. The van der Waals surface area contributed by atoms with Crippen molar-refractivity contribution in [2.24, 2.45) is 0 Å². The van der Waals surface area contributed by atoms with E-state index in [0.717, 1.165) is 13.0 Å². The van der Waals surface area contributed by atoms with Gasteiger partial charge in [-0.1, -0.05) is 0 Å². The molecule has 0 spiro atoms. The Labute approximate surface area is 79.1 Å². The fourth-order valence-electron chi connectivity index (χ4n) is 1.47. The number of nitrogens with zero attached hydrogens (tertiary/aromatic N) is 2. The summed E-state index contributed by atoms with van der Waals surface area (Å²) in [5, 5.41) is 13.1. The molecule has 0 saturated carbocycles. The Balaban J connectivity index is 2.59. The van der Waals surface area contributed by atoms with E-state index in [0.29, 0.717) is 13.0 Å². The van der Waals surface area contributed by atoms with E-state index in [1.165, 1.54) is 0 Å². The van der Waals surface area contributed by atoms with Crippen molar-refractivity contribution in [3.05, 3.63) is 0 Å². The van der Waals surface area contributed by atoms with Crippen LogP contribution in [0.4, 0.5) is 0 Å². The first-order valence-corrected chi connectivity index (χ1v) is 4.64. The van der Waals surface area contributed by atoms with Gasteiger partial charge in [0, 0.05) is 20.0 Å². The molecule has 1 saturated heterocycles. The van der Waals surface area contributed by atoms with Gasteiger partial charge in [-0.2, -0.15) is 0 Å². The van der Waals surface area contributed by atoms with Crippen LogP contribution in [0.15, 0.2) is 0 Å². The van der Waals surface area contributed by atoms with Crippen LogP contribution in [0.25, 0.3) is 0 Å². The van der Waals surface area contributed by atoms with E-state index in [9.17, 15) is 9.90 Å². The van der Waals surface area contributed by atoms with Gasteiger partial charge in [0.05, 0.1) is 12.1 Å². The maximum absolute atomic E-state index is 11.5. The standard InChI is InChI=1S/C9H18N2O2/c1-9(2,13)7-11-8(12)5-4-6-10(11)3/h13H,4-7H2,1-3H3. The predicted molar refractivity (Wildman–Crippen MR) is 49.9 cm³/mol. The van der Waals surface area contributed by atoms with Gasteiger partial charge >= 0.3 is 0 Å². The van der Waals surface area contributed by atoms with E-state index < -0.39 is 5.60 Å². The Morgan fingerprint density at radius 2 is 2.15 bits per heavy atom. The smallest absolute Gasteiger partial charge is 0.237 e. The fourth-order valence-corrected chi connectivity index (χ4v) is 1.47. The minimum absolute atomic E-state index is 0.107. The average molecular weight is 186 g/mol. The number of hydrazine groups is 1. The number of amides is 1. The lowest BCUT2D eigenvalue weighted by atomic mass is 10.1. The maximum Gasteiger partial charge on any atom is 0.237 e. The molecule has 13 heavy (non-hydrogen) atoms. The molecule has 76 valence electrons. The number of aliphatic hydroxyl groups is 1. The number of β-amino-alcohol motifs (C(OH)–C–C–N with tert-alkyl or cyclic N) is 1. The van der Waals surface area contributed by atoms with Crippen molar-refractivity contribution in [3.8, 4) is 0 Å². The third-order valence-electron chi connectivity index (χ3n) is 2.11. The number of carbonyl (C=O) groups is 1. The van der Waals surface area contributed by atoms with Crippen molar-refractivity contribution < 1.29 is 9.90 Å². The Bertz CT molecular complexity index is 198. The SMILES string of the molecule is CN1CCCC(=O)N1CC(C)(C)O. The zero-order chi connectivity index (χ0) is 10.1. The van der Waals surface area contributed by atoms with Crippen LogP contribution in [0.1, 0.15) is 26.7 Å². The summed E-state index contributed by atoms with van der Waals surface area (Å²) in [7, 11) is 1.88. The second-order valence-corrected chi connectivity index (χ2v) is 4.25. The molecule has 1 aliphatic heterocycles. The molecule has 0 aromatic rings. The zero-order valence-electron chi connectivity index (χ0n) is 8.58. The first kappa shape index (κ1) is 10.5. The van der Waals surface area contributed by atoms with Gasteiger partial charge in [0.15, 0.2) is 0 Å². The normalized spacial score (nSPS) is 20.9. The van der Waals surface area contributed by atoms with Gasteiger partial charge in [-0.05, 0) is 20.3 Å². The van der Waals surface area contributed by atoms with Gasteiger partial charge in [-0.3, -0.25) is 9.80 Å². The van der Waals surface area contributed by atoms with E-state index in [1.54, 1.807) is 18.9 Å². The number of hydrogen-bond donors (Lipinski definition) is 1. The van der Waals surface area contributed by atoms with Gasteiger partial charge in [0.1, 0.15) is 0 Å². The first-order chi connectivity index (χ1) is 5.90. The molecule has 0 unspecified atom stereocenters. The molecule has 1 rings (SSSR count). The zero-order valence-corrected chi connectivity index (χ0v) is 8.58. The van der Waals surface area contributed by atoms with E-state index in [2.05, 4.69) is 0 Å². The van der Waals surface area contributed by atoms with Gasteiger partial charge in [0.25, 0.3) is 0 Å². The quantitative estimate of drug-likeness (QED) is 0.671. The second-order valence-electron chi connectivity index (χ2n) is 4.25. The number of rotatable bonds is 2. The monoisotopic (exact) mass is 186 g/mol. The van der Waals surface area contributed by atoms with Crippen molar-refractivity contribution in [1.29, 1.82) is 0 Å². The summed E-state index contributed by atoms with van der Waals surface area (Å²) < 4.78 is 0. The fraction of sp³-hybridized carbons (Fsp3) is 0.889. The summed E-state index contributed by atoms with van der Waals surface area (Å²) in [5.41, 5.74) is -0.818. The van der Waals surface area contributed by atoms with Crippen LogP contribution in [0.3, 0.4) is 0 Å². The van der Waals surface area contributed by atoms with Crippen LogP contribution in [0, 0.1) is 0 Å². The molecule has 0 radical (unpaired) electrons. The highest BCUT2D eigenvalue weighted by Crippen LogP contribution is 2.14. The van der Waals surface area contributed by atoms with Gasteiger partial charge in [0.2, 0.25) is 5.91 Å². The van der Waals surface area contributed by atoms with Crippen LogP contribution in [-0.2, 0) is 4.79 Å². The number of hydrogen-bond acceptors (Lipinski definition) is 3. The summed E-state index contributed by atoms with van der Waals surface area (Å²) in [6.45, 7) is 4.69. The highest BCUT2D eigenvalue weighted by molar-refractivity contribution is 5.76. The Hall–Kier alpha value is -0.610. The van der Waals surface area contributed by atoms with Gasteiger partial charge in [-0.25, -0.2) is 5.01 Å². The molecular formula is C9H18N2O2. The minimum atomic E-state index is -0.818. The summed E-state index contributed by atoms with van der Waals surface area (Å²) in [6.07, 6.45) is 1.51. The van der Waals surface area contributed by atoms with Crippen molar-refractivity contribution in [3.63, 3.8) is 0 Å². The van der Waals surface area contributed by atoms with Crippen LogP contribution in [-0.4, -0.2) is 46.8 Å². The molecule has 0 aromatic carbocycles. The third kappa shape index (κ3) is 2.97. The molecule has 1 N–H and O–H groups in total. The number of carbonyl (C=O) groups excluding carboxylic acids is 1. The Morgan fingerprint density at radius 1 is 1.54 bits per heavy atom. The highest BCUT2D eigenvalue weighted by atomic mass is 16.3. The van der Waals surface area contributed by atoms with Gasteiger partial charge in [-0.15, -0.1) is 0 Å². The lowest BCUT2D eigenvalue weighted by Gasteiger charge is -2.38. The van der Waals surface area contributed by atoms with E-state index in [1.807, 2.05) is 12.1 Å². The van der Waals surface area contributed by atoms with Crippen molar-refractivity contribution >= 4 is 5.91 Å². The third-order valence-corrected chi connectivity index (χ3v) is 2.11. The molecule has 1 heterocycles. The maximum atomic E-state index is 11.5.